The number of aliphatic carboxylic acids is 1. The minimum Gasteiger partial charge on any atom is -0.482 e. The van der Waals surface area contributed by atoms with Gasteiger partial charge in [-0.3, -0.25) is 0 Å². The second kappa shape index (κ2) is 3.71. The van der Waals surface area contributed by atoms with Crippen LogP contribution in [-0.4, -0.2) is 25.2 Å². The van der Waals surface area contributed by atoms with Gasteiger partial charge in [-0.2, -0.15) is 0 Å². The molecule has 0 fully saturated rings. The molecule has 5 heteroatoms. The summed E-state index contributed by atoms with van der Waals surface area (Å²) in [6, 6.07) is 5.37. The highest BCUT2D eigenvalue weighted by Gasteiger charge is 2.13. The van der Waals surface area contributed by atoms with Gasteiger partial charge in [0.15, 0.2) is 6.61 Å². The van der Waals surface area contributed by atoms with Gasteiger partial charge >= 0.3 is 13.5 Å². The summed E-state index contributed by atoms with van der Waals surface area (Å²) in [6.07, 6.45) is 0. The van der Waals surface area contributed by atoms with Crippen LogP contribution in [0.3, 0.4) is 0 Å². The molecule has 2 rings (SSSR count). The zero-order valence-corrected chi connectivity index (χ0v) is 7.40. The van der Waals surface area contributed by atoms with Crippen molar-refractivity contribution in [1.29, 1.82) is 0 Å². The van der Waals surface area contributed by atoms with Gasteiger partial charge in [0.1, 0.15) is 5.75 Å². The maximum atomic E-state index is 10.3. The maximum absolute atomic E-state index is 10.3. The van der Waals surface area contributed by atoms with Crippen LogP contribution in [0.5, 0.6) is 5.75 Å². The number of carboxylic acid groups (broad SMARTS) is 1. The fourth-order valence-electron chi connectivity index (χ4n) is 1.28. The predicted molar refractivity (Wildman–Crippen MR) is 49.7 cm³/mol. The van der Waals surface area contributed by atoms with Gasteiger partial charge < -0.3 is 14.5 Å². The maximum Gasteiger partial charge on any atom is 0.341 e. The van der Waals surface area contributed by atoms with E-state index < -0.39 is 5.97 Å². The van der Waals surface area contributed by atoms with Crippen LogP contribution >= 0.6 is 0 Å². The first kappa shape index (κ1) is 9.08. The first-order valence-electron chi connectivity index (χ1n) is 4.18. The normalized spacial score (nSPS) is 13.1. The fraction of sp³-hybridized carbons (Fsp3) is 0.222. The summed E-state index contributed by atoms with van der Waals surface area (Å²) in [5, 5.41) is 8.41. The summed E-state index contributed by atoms with van der Waals surface area (Å²) < 4.78 is 10.1. The monoisotopic (exact) mass is 191 g/mol. The van der Waals surface area contributed by atoms with E-state index in [-0.39, 0.29) is 6.61 Å². The highest BCUT2D eigenvalue weighted by molar-refractivity contribution is 6.48. The molecule has 0 saturated carbocycles. The van der Waals surface area contributed by atoms with E-state index in [0.29, 0.717) is 12.4 Å². The van der Waals surface area contributed by atoms with E-state index in [1.54, 1.807) is 19.6 Å². The summed E-state index contributed by atoms with van der Waals surface area (Å²) in [4.78, 5) is 10.3. The molecule has 1 aromatic carbocycles. The van der Waals surface area contributed by atoms with Gasteiger partial charge in [-0.25, -0.2) is 4.79 Å². The summed E-state index contributed by atoms with van der Waals surface area (Å²) in [5.41, 5.74) is 2.04. The van der Waals surface area contributed by atoms with Crippen molar-refractivity contribution in [2.24, 2.45) is 0 Å². The van der Waals surface area contributed by atoms with E-state index in [4.69, 9.17) is 14.5 Å². The molecule has 1 heterocycles. The van der Waals surface area contributed by atoms with Crippen LogP contribution in [0.25, 0.3) is 0 Å². The number of ether oxygens (including phenoxy) is 1. The van der Waals surface area contributed by atoms with Gasteiger partial charge in [0.2, 0.25) is 0 Å². The number of benzene rings is 1. The minimum atomic E-state index is -0.978. The van der Waals surface area contributed by atoms with Gasteiger partial charge in [0.25, 0.3) is 0 Å². The number of rotatable bonds is 3. The summed E-state index contributed by atoms with van der Waals surface area (Å²) in [5.74, 6) is -0.418. The Morgan fingerprint density at radius 2 is 2.50 bits per heavy atom. The molecule has 0 amide bonds. The van der Waals surface area contributed by atoms with Gasteiger partial charge in [-0.1, -0.05) is 6.07 Å². The first-order chi connectivity index (χ1) is 6.75. The lowest BCUT2D eigenvalue weighted by molar-refractivity contribution is -0.139. The molecule has 1 N–H and O–H groups in total. The van der Waals surface area contributed by atoms with Crippen LogP contribution in [-0.2, 0) is 16.1 Å². The molecule has 4 nitrogen and oxygen atoms in total. The van der Waals surface area contributed by atoms with Crippen LogP contribution in [0.4, 0.5) is 0 Å². The molecule has 1 aliphatic rings. The lowest BCUT2D eigenvalue weighted by Crippen LogP contribution is -2.13. The smallest absolute Gasteiger partial charge is 0.341 e. The van der Waals surface area contributed by atoms with Crippen molar-refractivity contribution >= 4 is 18.9 Å². The number of carboxylic acids is 1. The van der Waals surface area contributed by atoms with Gasteiger partial charge in [-0.05, 0) is 23.2 Å². The quantitative estimate of drug-likeness (QED) is 0.679. The van der Waals surface area contributed by atoms with Crippen LogP contribution < -0.4 is 10.2 Å². The SMILES string of the molecule is O=C(O)COc1ccc2c(c1)CO[B]2. The summed E-state index contributed by atoms with van der Waals surface area (Å²) in [7, 11) is 1.68. The zero-order valence-electron chi connectivity index (χ0n) is 7.40. The number of hydrogen-bond donors (Lipinski definition) is 1. The first-order valence-corrected chi connectivity index (χ1v) is 4.18. The second-order valence-corrected chi connectivity index (χ2v) is 2.97. The van der Waals surface area contributed by atoms with E-state index in [1.165, 1.54) is 0 Å². The minimum absolute atomic E-state index is 0.316. The third kappa shape index (κ3) is 1.88. The van der Waals surface area contributed by atoms with E-state index in [0.717, 1.165) is 11.0 Å². The van der Waals surface area contributed by atoms with Crippen molar-refractivity contribution in [3.63, 3.8) is 0 Å². The lowest BCUT2D eigenvalue weighted by Gasteiger charge is -2.04. The van der Waals surface area contributed by atoms with Crippen molar-refractivity contribution in [1.82, 2.24) is 0 Å². The molecule has 0 spiro atoms. The van der Waals surface area contributed by atoms with E-state index in [9.17, 15) is 4.79 Å². The summed E-state index contributed by atoms with van der Waals surface area (Å²) >= 11 is 0. The molecule has 0 aliphatic carbocycles. The van der Waals surface area contributed by atoms with E-state index >= 15 is 0 Å². The van der Waals surface area contributed by atoms with Crippen LogP contribution in [0.2, 0.25) is 0 Å². The largest absolute Gasteiger partial charge is 0.482 e. The Hall–Kier alpha value is -1.49. The zero-order chi connectivity index (χ0) is 9.97. The summed E-state index contributed by atoms with van der Waals surface area (Å²) in [6.45, 7) is 0.211. The Labute approximate surface area is 81.7 Å². The Morgan fingerprint density at radius 1 is 1.64 bits per heavy atom. The van der Waals surface area contributed by atoms with E-state index in [1.807, 2.05) is 6.07 Å². The molecular formula is C9H8BO4. The van der Waals surface area contributed by atoms with Crippen LogP contribution in [0.1, 0.15) is 5.56 Å². The molecule has 0 atom stereocenters. The molecule has 1 aliphatic heterocycles. The number of hydrogen-bond acceptors (Lipinski definition) is 3. The average molecular weight is 191 g/mol. The van der Waals surface area contributed by atoms with Crippen molar-refractivity contribution in [3.8, 4) is 5.75 Å². The topological polar surface area (TPSA) is 55.8 Å². The highest BCUT2D eigenvalue weighted by atomic mass is 16.5. The average Bonchev–Trinajstić information content (AvgIpc) is 2.61. The number of fused-ring (bicyclic) bond motifs is 1. The molecule has 0 saturated heterocycles. The third-order valence-electron chi connectivity index (χ3n) is 1.93. The highest BCUT2D eigenvalue weighted by Crippen LogP contribution is 2.15. The van der Waals surface area contributed by atoms with Crippen molar-refractivity contribution in [2.75, 3.05) is 6.61 Å². The molecule has 71 valence electrons. The number of carbonyl (C=O) groups is 1. The van der Waals surface area contributed by atoms with Crippen LogP contribution in [0.15, 0.2) is 18.2 Å². The fourth-order valence-corrected chi connectivity index (χ4v) is 1.28. The second-order valence-electron chi connectivity index (χ2n) is 2.97. The van der Waals surface area contributed by atoms with E-state index in [2.05, 4.69) is 0 Å². The Morgan fingerprint density at radius 3 is 3.29 bits per heavy atom. The Kier molecular flexibility index (Phi) is 2.41. The molecule has 14 heavy (non-hydrogen) atoms. The molecular weight excluding hydrogens is 183 g/mol. The standard InChI is InChI=1S/C9H8BO4/c11-9(12)5-13-7-1-2-8-6(3-7)4-14-10-8/h1-3H,4-5H2,(H,11,12). The van der Waals surface area contributed by atoms with Crippen molar-refractivity contribution in [2.45, 2.75) is 6.61 Å². The van der Waals surface area contributed by atoms with Gasteiger partial charge in [-0.15, -0.1) is 0 Å². The van der Waals surface area contributed by atoms with Crippen molar-refractivity contribution < 1.29 is 19.3 Å². The van der Waals surface area contributed by atoms with Gasteiger partial charge in [0.05, 0.1) is 6.61 Å². The van der Waals surface area contributed by atoms with Gasteiger partial charge in [0, 0.05) is 0 Å². The molecule has 1 aromatic rings. The Bertz CT molecular complexity index is 364. The molecule has 1 radical (unpaired) electrons. The predicted octanol–water partition coefficient (Wildman–Crippen LogP) is -0.0753. The lowest BCUT2D eigenvalue weighted by atomic mass is 9.87. The molecule has 0 unspecified atom stereocenters. The van der Waals surface area contributed by atoms with Crippen molar-refractivity contribution in [3.05, 3.63) is 23.8 Å². The third-order valence-corrected chi connectivity index (χ3v) is 1.93. The van der Waals surface area contributed by atoms with Crippen LogP contribution in [0, 0.1) is 0 Å². The molecule has 0 aromatic heterocycles. The molecule has 0 bridgehead atoms. The Balaban J connectivity index is 2.09.